The third-order valence-corrected chi connectivity index (χ3v) is 4.28. The van der Waals surface area contributed by atoms with Crippen molar-refractivity contribution in [3.05, 3.63) is 17.2 Å². The maximum atomic E-state index is 6.06. The fourth-order valence-corrected chi connectivity index (χ4v) is 2.84. The molecule has 2 rings (SSSR count). The van der Waals surface area contributed by atoms with Gasteiger partial charge in [-0.1, -0.05) is 24.9 Å². The Morgan fingerprint density at radius 2 is 2.32 bits per heavy atom. The summed E-state index contributed by atoms with van der Waals surface area (Å²) < 4.78 is 1.98. The Kier molecular flexibility index (Phi) is 5.67. The topological polar surface area (TPSA) is 33.1 Å². The van der Waals surface area contributed by atoms with Crippen molar-refractivity contribution in [1.29, 1.82) is 0 Å². The van der Waals surface area contributed by atoms with Crippen LogP contribution < -0.4 is 5.32 Å². The van der Waals surface area contributed by atoms with Crippen molar-refractivity contribution < 1.29 is 0 Å². The van der Waals surface area contributed by atoms with E-state index in [1.54, 1.807) is 6.20 Å². The molecule has 19 heavy (non-hydrogen) atoms. The van der Waals surface area contributed by atoms with Crippen molar-refractivity contribution >= 4 is 11.6 Å². The van der Waals surface area contributed by atoms with Crippen LogP contribution >= 0.6 is 11.6 Å². The van der Waals surface area contributed by atoms with Crippen LogP contribution in [0.1, 0.15) is 38.4 Å². The Morgan fingerprint density at radius 1 is 1.47 bits per heavy atom. The summed E-state index contributed by atoms with van der Waals surface area (Å²) in [5, 5.41) is 4.26. The van der Waals surface area contributed by atoms with Gasteiger partial charge in [0.1, 0.15) is 11.0 Å². The minimum atomic E-state index is 0.635. The van der Waals surface area contributed by atoms with E-state index in [4.69, 9.17) is 11.6 Å². The van der Waals surface area contributed by atoms with E-state index < -0.39 is 0 Å². The van der Waals surface area contributed by atoms with Gasteiger partial charge in [-0.3, -0.25) is 4.90 Å². The number of hydrogen-bond donors (Lipinski definition) is 1. The third kappa shape index (κ3) is 3.94. The first-order valence-electron chi connectivity index (χ1n) is 7.33. The van der Waals surface area contributed by atoms with Crippen molar-refractivity contribution in [3.63, 3.8) is 0 Å². The zero-order chi connectivity index (χ0) is 13.7. The van der Waals surface area contributed by atoms with Crippen LogP contribution in [0.25, 0.3) is 0 Å². The summed E-state index contributed by atoms with van der Waals surface area (Å²) in [7, 11) is 1.99. The Hall–Kier alpha value is -0.580. The Labute approximate surface area is 121 Å². The Morgan fingerprint density at radius 3 is 3.00 bits per heavy atom. The van der Waals surface area contributed by atoms with Crippen LogP contribution in [0, 0.1) is 0 Å². The Bertz CT molecular complexity index is 391. The van der Waals surface area contributed by atoms with Gasteiger partial charge in [0.2, 0.25) is 0 Å². The zero-order valence-corrected chi connectivity index (χ0v) is 12.8. The van der Waals surface area contributed by atoms with Gasteiger partial charge in [0.05, 0.1) is 12.7 Å². The molecule has 1 aliphatic heterocycles. The molecular formula is C14H25ClN4. The number of halogens is 1. The molecule has 1 aromatic heterocycles. The maximum Gasteiger partial charge on any atom is 0.128 e. The predicted octanol–water partition coefficient (Wildman–Crippen LogP) is 2.43. The van der Waals surface area contributed by atoms with Gasteiger partial charge in [0.25, 0.3) is 0 Å². The molecule has 1 unspecified atom stereocenters. The SMILES string of the molecule is CCCNCC1CCCCN1Cc1ncc(Cl)n1C. The minimum absolute atomic E-state index is 0.635. The lowest BCUT2D eigenvalue weighted by Crippen LogP contribution is -2.45. The molecule has 108 valence electrons. The van der Waals surface area contributed by atoms with E-state index in [1.807, 2.05) is 11.6 Å². The summed E-state index contributed by atoms with van der Waals surface area (Å²) in [5.41, 5.74) is 0. The zero-order valence-electron chi connectivity index (χ0n) is 12.0. The monoisotopic (exact) mass is 284 g/mol. The van der Waals surface area contributed by atoms with Crippen LogP contribution in [-0.4, -0.2) is 40.1 Å². The second-order valence-electron chi connectivity index (χ2n) is 5.38. The van der Waals surface area contributed by atoms with Crippen LogP contribution in [0.3, 0.4) is 0 Å². The van der Waals surface area contributed by atoms with Crippen LogP contribution in [0.2, 0.25) is 5.15 Å². The molecule has 5 heteroatoms. The lowest BCUT2D eigenvalue weighted by molar-refractivity contribution is 0.133. The summed E-state index contributed by atoms with van der Waals surface area (Å²) >= 11 is 6.06. The van der Waals surface area contributed by atoms with E-state index in [1.165, 1.54) is 32.2 Å². The molecule has 2 heterocycles. The highest BCUT2D eigenvalue weighted by atomic mass is 35.5. The van der Waals surface area contributed by atoms with Crippen molar-refractivity contribution in [2.24, 2.45) is 7.05 Å². The van der Waals surface area contributed by atoms with Gasteiger partial charge in [-0.15, -0.1) is 0 Å². The number of rotatable bonds is 6. The number of piperidine rings is 1. The fraction of sp³-hybridized carbons (Fsp3) is 0.786. The van der Waals surface area contributed by atoms with E-state index in [0.29, 0.717) is 11.2 Å². The van der Waals surface area contributed by atoms with Gasteiger partial charge in [0.15, 0.2) is 0 Å². The highest BCUT2D eigenvalue weighted by Crippen LogP contribution is 2.20. The normalized spacial score (nSPS) is 20.9. The standard InChI is InChI=1S/C14H25ClN4/c1-3-7-16-9-12-6-4-5-8-19(12)11-14-17-10-13(15)18(14)2/h10,12,16H,3-9,11H2,1-2H3. The molecule has 0 aliphatic carbocycles. The van der Waals surface area contributed by atoms with Crippen LogP contribution in [0.5, 0.6) is 0 Å². The van der Waals surface area contributed by atoms with E-state index in [0.717, 1.165) is 25.5 Å². The van der Waals surface area contributed by atoms with Gasteiger partial charge in [-0.05, 0) is 32.4 Å². The smallest absolute Gasteiger partial charge is 0.128 e. The molecule has 1 saturated heterocycles. The van der Waals surface area contributed by atoms with Crippen molar-refractivity contribution in [1.82, 2.24) is 19.8 Å². The third-order valence-electron chi connectivity index (χ3n) is 3.93. The number of nitrogens with zero attached hydrogens (tertiary/aromatic N) is 3. The van der Waals surface area contributed by atoms with E-state index in [-0.39, 0.29) is 0 Å². The summed E-state index contributed by atoms with van der Waals surface area (Å²) in [6.45, 7) is 6.48. The number of hydrogen-bond acceptors (Lipinski definition) is 3. The van der Waals surface area contributed by atoms with Crippen molar-refractivity contribution in [2.45, 2.75) is 45.2 Å². The maximum absolute atomic E-state index is 6.06. The molecule has 0 spiro atoms. The molecule has 4 nitrogen and oxygen atoms in total. The molecule has 1 aliphatic rings. The summed E-state index contributed by atoms with van der Waals surface area (Å²) in [6.07, 6.45) is 6.86. The van der Waals surface area contributed by atoms with Crippen LogP contribution in [0.4, 0.5) is 0 Å². The van der Waals surface area contributed by atoms with E-state index in [2.05, 4.69) is 22.1 Å². The van der Waals surface area contributed by atoms with Gasteiger partial charge < -0.3 is 9.88 Å². The van der Waals surface area contributed by atoms with Crippen LogP contribution in [0.15, 0.2) is 6.20 Å². The number of nitrogens with one attached hydrogen (secondary N) is 1. The second-order valence-corrected chi connectivity index (χ2v) is 5.77. The number of imidazole rings is 1. The van der Waals surface area contributed by atoms with E-state index in [9.17, 15) is 0 Å². The van der Waals surface area contributed by atoms with Crippen LogP contribution in [-0.2, 0) is 13.6 Å². The molecule has 1 N–H and O–H groups in total. The minimum Gasteiger partial charge on any atom is -0.321 e. The second kappa shape index (κ2) is 7.27. The molecule has 1 atom stereocenters. The predicted molar refractivity (Wildman–Crippen MR) is 79.4 cm³/mol. The molecule has 0 saturated carbocycles. The van der Waals surface area contributed by atoms with Gasteiger partial charge in [-0.25, -0.2) is 4.98 Å². The molecule has 1 fully saturated rings. The highest BCUT2D eigenvalue weighted by molar-refractivity contribution is 6.29. The molecule has 0 bridgehead atoms. The van der Waals surface area contributed by atoms with E-state index >= 15 is 0 Å². The number of likely N-dealkylation sites (tertiary alicyclic amines) is 1. The average Bonchev–Trinajstić information content (AvgIpc) is 2.73. The molecule has 0 aromatic carbocycles. The van der Waals surface area contributed by atoms with Gasteiger partial charge >= 0.3 is 0 Å². The summed E-state index contributed by atoms with van der Waals surface area (Å²) in [4.78, 5) is 6.96. The average molecular weight is 285 g/mol. The first kappa shape index (κ1) is 14.8. The number of aromatic nitrogens is 2. The van der Waals surface area contributed by atoms with Gasteiger partial charge in [-0.2, -0.15) is 0 Å². The van der Waals surface area contributed by atoms with Gasteiger partial charge in [0, 0.05) is 19.6 Å². The first-order valence-corrected chi connectivity index (χ1v) is 7.71. The lowest BCUT2D eigenvalue weighted by Gasteiger charge is -2.35. The van der Waals surface area contributed by atoms with Crippen molar-refractivity contribution in [2.75, 3.05) is 19.6 Å². The molecule has 0 radical (unpaired) electrons. The summed E-state index contributed by atoms with van der Waals surface area (Å²) in [6, 6.07) is 0.635. The molecule has 0 amide bonds. The largest absolute Gasteiger partial charge is 0.321 e. The molecule has 1 aromatic rings. The Balaban J connectivity index is 1.93. The first-order chi connectivity index (χ1) is 9.22. The summed E-state index contributed by atoms with van der Waals surface area (Å²) in [5.74, 6) is 1.06. The fourth-order valence-electron chi connectivity index (χ4n) is 2.70. The lowest BCUT2D eigenvalue weighted by atomic mass is 10.0. The highest BCUT2D eigenvalue weighted by Gasteiger charge is 2.23. The van der Waals surface area contributed by atoms with Crippen molar-refractivity contribution in [3.8, 4) is 0 Å². The molecular weight excluding hydrogens is 260 g/mol. The quantitative estimate of drug-likeness (QED) is 0.815.